The van der Waals surface area contributed by atoms with E-state index in [1.54, 1.807) is 0 Å². The normalized spacial score (nSPS) is 6.88. The van der Waals surface area contributed by atoms with Crippen LogP contribution in [0, 0.1) is 12.3 Å². The van der Waals surface area contributed by atoms with Crippen molar-refractivity contribution < 1.29 is 14.6 Å². The molecule has 8 heavy (non-hydrogen) atoms. The first-order valence-corrected chi connectivity index (χ1v) is 1.73. The number of hydrogen-bond acceptors (Lipinski definition) is 2. The van der Waals surface area contributed by atoms with Crippen LogP contribution in [0.3, 0.4) is 0 Å². The predicted octanol–water partition coefficient (Wildman–Crippen LogP) is 0.828. The summed E-state index contributed by atoms with van der Waals surface area (Å²) in [4.78, 5) is 9.59. The Morgan fingerprint density at radius 1 is 1.88 bits per heavy atom. The van der Waals surface area contributed by atoms with Crippen molar-refractivity contribution in [2.45, 2.75) is 0 Å². The number of hydrogen-bond donors (Lipinski definition) is 1. The van der Waals surface area contributed by atoms with Gasteiger partial charge in [-0.25, -0.2) is 4.79 Å². The fraction of sp³-hybridized carbons (Fsp3) is 0. The summed E-state index contributed by atoms with van der Waals surface area (Å²) in [6.07, 6.45) is 3.25. The smallest absolute Gasteiger partial charge is 0.449 e. The molecule has 0 heterocycles. The molecule has 0 aromatic rings. The van der Waals surface area contributed by atoms with E-state index in [-0.39, 0.29) is 5.76 Å². The van der Waals surface area contributed by atoms with Gasteiger partial charge in [-0.15, -0.1) is 6.42 Å². The number of terminal acetylenes is 1. The molecule has 0 unspecified atom stereocenters. The number of rotatable bonds is 1. The molecule has 3 heteroatoms. The minimum Gasteiger partial charge on any atom is -0.449 e. The van der Waals surface area contributed by atoms with Crippen LogP contribution in [0.5, 0.6) is 0 Å². The van der Waals surface area contributed by atoms with Crippen molar-refractivity contribution in [3.63, 3.8) is 0 Å². The highest BCUT2D eigenvalue weighted by Crippen LogP contribution is 1.88. The summed E-state index contributed by atoms with van der Waals surface area (Å²) >= 11 is 0. The molecule has 0 aliphatic heterocycles. The van der Waals surface area contributed by atoms with Crippen molar-refractivity contribution in [1.82, 2.24) is 0 Å². The fourth-order valence-electron chi connectivity index (χ4n) is 0.135. The van der Waals surface area contributed by atoms with Crippen LogP contribution in [0.1, 0.15) is 0 Å². The fourth-order valence-corrected chi connectivity index (χ4v) is 0.135. The largest absolute Gasteiger partial charge is 0.511 e. The van der Waals surface area contributed by atoms with E-state index in [4.69, 9.17) is 5.11 Å². The summed E-state index contributed by atoms with van der Waals surface area (Å²) in [5, 5.41) is 7.84. The monoisotopic (exact) mass is 112 g/mol. The SMILES string of the molecule is C#CC(=C)OC(=O)O. The van der Waals surface area contributed by atoms with E-state index in [1.807, 2.05) is 5.92 Å². The third kappa shape index (κ3) is 2.79. The van der Waals surface area contributed by atoms with Gasteiger partial charge in [-0.1, -0.05) is 0 Å². The third-order valence-corrected chi connectivity index (χ3v) is 0.371. The van der Waals surface area contributed by atoms with E-state index in [1.165, 1.54) is 0 Å². The molecule has 1 N–H and O–H groups in total. The summed E-state index contributed by atoms with van der Waals surface area (Å²) < 4.78 is 3.89. The van der Waals surface area contributed by atoms with Gasteiger partial charge in [-0.05, 0) is 12.5 Å². The number of carboxylic acid groups (broad SMARTS) is 1. The number of allylic oxidation sites excluding steroid dienone is 1. The summed E-state index contributed by atoms with van der Waals surface area (Å²) in [6, 6.07) is 0. The topological polar surface area (TPSA) is 46.5 Å². The van der Waals surface area contributed by atoms with Gasteiger partial charge in [0.25, 0.3) is 0 Å². The van der Waals surface area contributed by atoms with Crippen molar-refractivity contribution >= 4 is 6.16 Å². The molecule has 0 aliphatic rings. The van der Waals surface area contributed by atoms with E-state index < -0.39 is 6.16 Å². The van der Waals surface area contributed by atoms with Crippen molar-refractivity contribution in [2.24, 2.45) is 0 Å². The molecule has 0 saturated carbocycles. The molecule has 0 atom stereocenters. The van der Waals surface area contributed by atoms with Gasteiger partial charge in [-0.3, -0.25) is 0 Å². The Morgan fingerprint density at radius 2 is 2.38 bits per heavy atom. The maximum atomic E-state index is 9.59. The van der Waals surface area contributed by atoms with Crippen molar-refractivity contribution in [3.05, 3.63) is 12.3 Å². The summed E-state index contributed by atoms with van der Waals surface area (Å²) in [5.41, 5.74) is 0. The predicted molar refractivity (Wildman–Crippen MR) is 27.1 cm³/mol. The second-order valence-corrected chi connectivity index (χ2v) is 0.935. The molecular weight excluding hydrogens is 108 g/mol. The van der Waals surface area contributed by atoms with Crippen LogP contribution in [0.15, 0.2) is 12.3 Å². The van der Waals surface area contributed by atoms with Gasteiger partial charge in [-0.2, -0.15) is 0 Å². The lowest BCUT2D eigenvalue weighted by Crippen LogP contribution is -1.96. The molecule has 0 bridgehead atoms. The molecule has 0 fully saturated rings. The van der Waals surface area contributed by atoms with Crippen LogP contribution in [-0.4, -0.2) is 11.3 Å². The van der Waals surface area contributed by atoms with Gasteiger partial charge >= 0.3 is 6.16 Å². The molecule has 0 amide bonds. The Morgan fingerprint density at radius 3 is 2.50 bits per heavy atom. The molecule has 0 aromatic heterocycles. The molecule has 0 aliphatic carbocycles. The summed E-state index contributed by atoms with van der Waals surface area (Å²) in [6.45, 7) is 3.07. The zero-order valence-corrected chi connectivity index (χ0v) is 4.05. The first-order chi connectivity index (χ1) is 3.66. The highest BCUT2D eigenvalue weighted by molar-refractivity contribution is 5.59. The lowest BCUT2D eigenvalue weighted by Gasteiger charge is -1.90. The molecule has 3 nitrogen and oxygen atoms in total. The van der Waals surface area contributed by atoms with Crippen LogP contribution < -0.4 is 0 Å². The van der Waals surface area contributed by atoms with Gasteiger partial charge in [0.05, 0.1) is 0 Å². The molecule has 0 aromatic carbocycles. The Bertz CT molecular complexity index is 152. The average Bonchev–Trinajstić information content (AvgIpc) is 1.65. The molecule has 0 radical (unpaired) electrons. The molecule has 0 spiro atoms. The van der Waals surface area contributed by atoms with Gasteiger partial charge in [0.1, 0.15) is 0 Å². The highest BCUT2D eigenvalue weighted by atomic mass is 16.7. The van der Waals surface area contributed by atoms with Gasteiger partial charge < -0.3 is 9.84 Å². The minimum atomic E-state index is -1.44. The second kappa shape index (κ2) is 2.69. The first-order valence-electron chi connectivity index (χ1n) is 1.73. The van der Waals surface area contributed by atoms with Crippen molar-refractivity contribution in [3.8, 4) is 12.3 Å². The Hall–Kier alpha value is -1.43. The van der Waals surface area contributed by atoms with Gasteiger partial charge in [0, 0.05) is 0 Å². The summed E-state index contributed by atoms with van der Waals surface area (Å²) in [5.74, 6) is 1.70. The standard InChI is InChI=1S/C5H4O3/c1-3-4(2)8-5(6)7/h1H,2H2,(H,6,7). The van der Waals surface area contributed by atoms with Crippen LogP contribution in [-0.2, 0) is 4.74 Å². The Labute approximate surface area is 46.6 Å². The Balaban J connectivity index is 3.61. The maximum absolute atomic E-state index is 9.59. The molecule has 0 saturated heterocycles. The molecule has 42 valence electrons. The van der Waals surface area contributed by atoms with Crippen molar-refractivity contribution in [1.29, 1.82) is 0 Å². The zero-order valence-electron chi connectivity index (χ0n) is 4.05. The van der Waals surface area contributed by atoms with Crippen molar-refractivity contribution in [2.75, 3.05) is 0 Å². The van der Waals surface area contributed by atoms with E-state index in [0.717, 1.165) is 0 Å². The first kappa shape index (κ1) is 6.57. The van der Waals surface area contributed by atoms with E-state index in [9.17, 15) is 4.79 Å². The van der Waals surface area contributed by atoms with Crippen LogP contribution in [0.4, 0.5) is 4.79 Å². The lowest BCUT2D eigenvalue weighted by molar-refractivity contribution is 0.123. The minimum absolute atomic E-state index is 0.197. The van der Waals surface area contributed by atoms with E-state index in [0.29, 0.717) is 0 Å². The number of ether oxygens (including phenoxy) is 1. The van der Waals surface area contributed by atoms with E-state index in [2.05, 4.69) is 17.7 Å². The van der Waals surface area contributed by atoms with Crippen LogP contribution in [0.2, 0.25) is 0 Å². The van der Waals surface area contributed by atoms with Gasteiger partial charge in [0.2, 0.25) is 0 Å². The Kier molecular flexibility index (Phi) is 2.21. The quantitative estimate of drug-likeness (QED) is 0.310. The second-order valence-electron chi connectivity index (χ2n) is 0.935. The molecule has 0 rings (SSSR count). The van der Waals surface area contributed by atoms with Gasteiger partial charge in [0.15, 0.2) is 5.76 Å². The van der Waals surface area contributed by atoms with Crippen LogP contribution >= 0.6 is 0 Å². The maximum Gasteiger partial charge on any atom is 0.511 e. The zero-order chi connectivity index (χ0) is 6.57. The third-order valence-electron chi connectivity index (χ3n) is 0.371. The van der Waals surface area contributed by atoms with E-state index >= 15 is 0 Å². The lowest BCUT2D eigenvalue weighted by atomic mass is 10.6. The summed E-state index contributed by atoms with van der Waals surface area (Å²) in [7, 11) is 0. The number of carbonyl (C=O) groups is 1. The van der Waals surface area contributed by atoms with Crippen LogP contribution in [0.25, 0.3) is 0 Å². The average molecular weight is 112 g/mol. The molecular formula is C5H4O3. The highest BCUT2D eigenvalue weighted by Gasteiger charge is 1.94.